The molecule has 0 radical (unpaired) electrons. The molecule has 2 saturated heterocycles. The Morgan fingerprint density at radius 2 is 1.76 bits per heavy atom. The van der Waals surface area contributed by atoms with Gasteiger partial charge in [-0.25, -0.2) is 23.4 Å². The number of oxazole rings is 1. The Bertz CT molecular complexity index is 2180. The van der Waals surface area contributed by atoms with E-state index in [1.807, 2.05) is 36.4 Å². The van der Waals surface area contributed by atoms with Crippen molar-refractivity contribution in [1.82, 2.24) is 30.0 Å². The number of piperazine rings is 1. The van der Waals surface area contributed by atoms with E-state index in [4.69, 9.17) is 4.42 Å². The fourth-order valence-corrected chi connectivity index (χ4v) is 6.48. The monoisotopic (exact) mass is 763 g/mol. The van der Waals surface area contributed by atoms with Crippen LogP contribution < -0.4 is 20.9 Å². The van der Waals surface area contributed by atoms with Crippen LogP contribution in [0.2, 0.25) is 0 Å². The van der Waals surface area contributed by atoms with Gasteiger partial charge in [0.25, 0.3) is 12.3 Å². The molecule has 3 aromatic heterocycles. The Morgan fingerprint density at radius 3 is 2.49 bits per heavy atom. The number of hydrogen-bond acceptors (Lipinski definition) is 10. The molecule has 2 aliphatic rings. The molecule has 2 fully saturated rings. The summed E-state index contributed by atoms with van der Waals surface area (Å²) in [6.07, 6.45) is -3.14. The van der Waals surface area contributed by atoms with Gasteiger partial charge in [0.1, 0.15) is 18.6 Å². The van der Waals surface area contributed by atoms with Gasteiger partial charge in [-0.15, -0.1) is 0 Å². The highest BCUT2D eigenvalue weighted by atomic mass is 19.4. The van der Waals surface area contributed by atoms with Gasteiger partial charge in [-0.05, 0) is 53.9 Å². The van der Waals surface area contributed by atoms with E-state index in [1.54, 1.807) is 12.1 Å². The molecule has 0 aliphatic carbocycles. The predicted octanol–water partition coefficient (Wildman–Crippen LogP) is 5.93. The van der Waals surface area contributed by atoms with E-state index in [0.717, 1.165) is 49.3 Å². The van der Waals surface area contributed by atoms with Gasteiger partial charge in [-0.1, -0.05) is 24.3 Å². The van der Waals surface area contributed by atoms with Gasteiger partial charge in [-0.3, -0.25) is 24.6 Å². The number of rotatable bonds is 11. The van der Waals surface area contributed by atoms with Crippen molar-refractivity contribution in [3.63, 3.8) is 0 Å². The van der Waals surface area contributed by atoms with E-state index < -0.39 is 30.7 Å². The first-order valence-electron chi connectivity index (χ1n) is 17.3. The van der Waals surface area contributed by atoms with Crippen molar-refractivity contribution < 1.29 is 40.8 Å². The lowest BCUT2D eigenvalue weighted by molar-refractivity contribution is -0.134. The number of nitrogens with one attached hydrogen (secondary N) is 3. The summed E-state index contributed by atoms with van der Waals surface area (Å²) in [7, 11) is 0. The van der Waals surface area contributed by atoms with Crippen LogP contribution in [0.1, 0.15) is 52.5 Å². The van der Waals surface area contributed by atoms with Crippen molar-refractivity contribution in [2.75, 3.05) is 48.3 Å². The van der Waals surface area contributed by atoms with Crippen LogP contribution in [-0.4, -0.2) is 81.3 Å². The predicted molar refractivity (Wildman–Crippen MR) is 190 cm³/mol. The molecule has 0 bridgehead atoms. The zero-order valence-electron chi connectivity index (χ0n) is 29.0. The first-order chi connectivity index (χ1) is 26.4. The highest BCUT2D eigenvalue weighted by molar-refractivity contribution is 6.03. The molecule has 2 aromatic carbocycles. The molecule has 1 atom stereocenters. The van der Waals surface area contributed by atoms with E-state index in [9.17, 15) is 36.3 Å². The molecule has 7 rings (SSSR count). The fraction of sp³-hybridized carbons (Fsp3) is 0.297. The summed E-state index contributed by atoms with van der Waals surface area (Å²) >= 11 is 0. The second-order valence-corrected chi connectivity index (χ2v) is 13.1. The molecule has 5 aromatic rings. The van der Waals surface area contributed by atoms with Crippen molar-refractivity contribution in [3.8, 4) is 17.1 Å². The number of carbonyl (C=O) groups excluding carboxylic acids is 3. The van der Waals surface area contributed by atoms with Gasteiger partial charge >= 0.3 is 6.18 Å². The quantitative estimate of drug-likeness (QED) is 0.109. The maximum Gasteiger partial charge on any atom is 0.405 e. The number of nitrogens with zero attached hydrogens (tertiary/aromatic N) is 6. The van der Waals surface area contributed by atoms with Crippen LogP contribution in [0.15, 0.2) is 83.7 Å². The summed E-state index contributed by atoms with van der Waals surface area (Å²) in [4.78, 5) is 49.4. The SMILES string of the molecule is O=C1CCC(c2cccc(CN3CCN(c4ccc(-n5cc(NC(=O)c6coc(-c7ccnc(NCC(F)(F)F)c7)n6)c(C(F)F)n5)cc4)CC3)c2)C(=O)N1. The van der Waals surface area contributed by atoms with Crippen LogP contribution in [0.5, 0.6) is 0 Å². The minimum atomic E-state index is -4.46. The molecule has 286 valence electrons. The fourth-order valence-electron chi connectivity index (χ4n) is 6.48. The van der Waals surface area contributed by atoms with E-state index in [1.165, 1.54) is 29.2 Å². The van der Waals surface area contributed by atoms with Crippen LogP contribution in [0.4, 0.5) is 39.1 Å². The van der Waals surface area contributed by atoms with Crippen LogP contribution in [0.25, 0.3) is 17.1 Å². The topological polar surface area (TPSA) is 151 Å². The largest absolute Gasteiger partial charge is 0.444 e. The first-order valence-corrected chi connectivity index (χ1v) is 17.3. The maximum absolute atomic E-state index is 14.0. The van der Waals surface area contributed by atoms with E-state index in [0.29, 0.717) is 25.1 Å². The van der Waals surface area contributed by atoms with Gasteiger partial charge in [0.2, 0.25) is 17.7 Å². The molecule has 2 aliphatic heterocycles. The summed E-state index contributed by atoms with van der Waals surface area (Å²) in [5.41, 5.74) is 2.50. The number of imide groups is 1. The number of piperidine rings is 1. The molecule has 1 unspecified atom stereocenters. The van der Waals surface area contributed by atoms with Crippen molar-refractivity contribution in [1.29, 1.82) is 0 Å². The Balaban J connectivity index is 0.955. The molecular formula is C37H34F5N9O4. The summed E-state index contributed by atoms with van der Waals surface area (Å²) in [6, 6.07) is 17.8. The number of hydrogen-bond donors (Lipinski definition) is 3. The molecule has 0 spiro atoms. The van der Waals surface area contributed by atoms with Gasteiger partial charge in [0, 0.05) is 56.6 Å². The zero-order chi connectivity index (χ0) is 38.7. The third-order valence-corrected chi connectivity index (χ3v) is 9.26. The minimum absolute atomic E-state index is 0.0906. The summed E-state index contributed by atoms with van der Waals surface area (Å²) in [6.45, 7) is 2.50. The standard InChI is InChI=1S/C37H34F5N9O4/c38-33(39)32-28(45-35(54)29-20-55-36(46-29)24-10-11-43-30(17-24)44-21-37(40,41)42)19-51(48-32)26-6-4-25(5-7-26)50-14-12-49(13-15-50)18-22-2-1-3-23(16-22)27-8-9-31(52)47-34(27)53/h1-7,10-11,16-17,19-20,27,33H,8-9,12-15,18,21H2,(H,43,44)(H,45,54)(H,47,52,53). The van der Waals surface area contributed by atoms with Crippen LogP contribution in [0.3, 0.4) is 0 Å². The summed E-state index contributed by atoms with van der Waals surface area (Å²) in [5, 5.41) is 11.0. The van der Waals surface area contributed by atoms with Crippen molar-refractivity contribution >= 4 is 34.9 Å². The normalized spacial score (nSPS) is 16.7. The van der Waals surface area contributed by atoms with Crippen molar-refractivity contribution in [2.45, 2.75) is 37.9 Å². The lowest BCUT2D eigenvalue weighted by Crippen LogP contribution is -2.46. The first kappa shape index (κ1) is 37.2. The summed E-state index contributed by atoms with van der Waals surface area (Å²) in [5.74, 6) is -1.88. The number of carbonyl (C=O) groups is 3. The molecule has 5 heterocycles. The van der Waals surface area contributed by atoms with Crippen molar-refractivity contribution in [3.05, 3.63) is 102 Å². The molecular weight excluding hydrogens is 729 g/mol. The molecule has 3 amide bonds. The van der Waals surface area contributed by atoms with Crippen LogP contribution >= 0.6 is 0 Å². The van der Waals surface area contributed by atoms with Gasteiger partial charge < -0.3 is 20.0 Å². The number of alkyl halides is 5. The van der Waals surface area contributed by atoms with Crippen LogP contribution in [0, 0.1) is 0 Å². The highest BCUT2D eigenvalue weighted by Gasteiger charge is 2.29. The number of anilines is 3. The number of benzene rings is 2. The average Bonchev–Trinajstić information content (AvgIpc) is 3.83. The van der Waals surface area contributed by atoms with Crippen molar-refractivity contribution in [2.24, 2.45) is 0 Å². The smallest absolute Gasteiger partial charge is 0.405 e. The minimum Gasteiger partial charge on any atom is -0.444 e. The van der Waals surface area contributed by atoms with Gasteiger partial charge in [0.05, 0.1) is 23.5 Å². The van der Waals surface area contributed by atoms with Crippen LogP contribution in [-0.2, 0) is 16.1 Å². The van der Waals surface area contributed by atoms with E-state index in [2.05, 4.69) is 40.8 Å². The Hall–Kier alpha value is -6.17. The molecule has 0 saturated carbocycles. The molecule has 13 nitrogen and oxygen atoms in total. The molecule has 18 heteroatoms. The Kier molecular flexibility index (Phi) is 10.6. The van der Waals surface area contributed by atoms with E-state index >= 15 is 0 Å². The Labute approximate surface area is 310 Å². The second-order valence-electron chi connectivity index (χ2n) is 13.1. The second kappa shape index (κ2) is 15.7. The Morgan fingerprint density at radius 1 is 1.00 bits per heavy atom. The number of amides is 3. The number of pyridine rings is 1. The molecule has 55 heavy (non-hydrogen) atoms. The lowest BCUT2D eigenvalue weighted by Gasteiger charge is -2.36. The van der Waals surface area contributed by atoms with Gasteiger partial charge in [0.15, 0.2) is 11.4 Å². The third kappa shape index (κ3) is 8.97. The highest BCUT2D eigenvalue weighted by Crippen LogP contribution is 2.30. The number of aromatic nitrogens is 4. The lowest BCUT2D eigenvalue weighted by atomic mass is 9.89. The maximum atomic E-state index is 14.0. The third-order valence-electron chi connectivity index (χ3n) is 9.26. The van der Waals surface area contributed by atoms with Gasteiger partial charge in [-0.2, -0.15) is 18.3 Å². The average molecular weight is 764 g/mol. The molecule has 3 N–H and O–H groups in total. The number of halogens is 5. The van der Waals surface area contributed by atoms with E-state index in [-0.39, 0.29) is 46.4 Å². The zero-order valence-corrected chi connectivity index (χ0v) is 29.0. The summed E-state index contributed by atoms with van der Waals surface area (Å²) < 4.78 is 72.4.